The second kappa shape index (κ2) is 8.01. The first kappa shape index (κ1) is 20.6. The van der Waals surface area contributed by atoms with Crippen molar-refractivity contribution in [2.45, 2.75) is 31.7 Å². The van der Waals surface area contributed by atoms with E-state index in [1.165, 1.54) is 6.33 Å². The van der Waals surface area contributed by atoms with Crippen molar-refractivity contribution in [3.8, 4) is 5.69 Å². The number of rotatable bonds is 8. The molecule has 4 N–H and O–H groups in total. The predicted molar refractivity (Wildman–Crippen MR) is 119 cm³/mol. The number of hydrogen-bond donors (Lipinski definition) is 3. The molecule has 3 heterocycles. The quantitative estimate of drug-likeness (QED) is 0.373. The Labute approximate surface area is 188 Å². The van der Waals surface area contributed by atoms with Crippen molar-refractivity contribution >= 4 is 34.5 Å². The fourth-order valence-electron chi connectivity index (χ4n) is 4.44. The Kier molecular flexibility index (Phi) is 5.00. The second-order valence-corrected chi connectivity index (χ2v) is 8.21. The molecule has 11 heteroatoms. The zero-order valence-corrected chi connectivity index (χ0v) is 17.6. The zero-order valence-electron chi connectivity index (χ0n) is 17.6. The van der Waals surface area contributed by atoms with Crippen molar-refractivity contribution in [3.63, 3.8) is 0 Å². The molecule has 0 radical (unpaired) electrons. The van der Waals surface area contributed by atoms with E-state index in [2.05, 4.69) is 25.4 Å². The van der Waals surface area contributed by atoms with E-state index < -0.39 is 23.3 Å². The summed E-state index contributed by atoms with van der Waals surface area (Å²) in [5.41, 5.74) is 6.57. The Morgan fingerprint density at radius 3 is 2.79 bits per heavy atom. The van der Waals surface area contributed by atoms with Gasteiger partial charge in [-0.3, -0.25) is 9.59 Å². The maximum Gasteiger partial charge on any atom is 0.311 e. The van der Waals surface area contributed by atoms with E-state index in [4.69, 9.17) is 5.73 Å². The van der Waals surface area contributed by atoms with Crippen LogP contribution in [0.3, 0.4) is 0 Å². The molecule has 1 saturated carbocycles. The molecule has 1 atom stereocenters. The Hall–Kier alpha value is -4.28. The van der Waals surface area contributed by atoms with E-state index in [1.807, 2.05) is 30.3 Å². The van der Waals surface area contributed by atoms with Gasteiger partial charge < -0.3 is 20.7 Å². The van der Waals surface area contributed by atoms with Crippen LogP contribution in [0, 0.1) is 5.41 Å². The molecule has 0 aliphatic heterocycles. The number of aromatic nitrogens is 6. The smallest absolute Gasteiger partial charge is 0.311 e. The van der Waals surface area contributed by atoms with Crippen molar-refractivity contribution in [1.29, 1.82) is 0 Å². The highest BCUT2D eigenvalue weighted by Gasteiger charge is 2.52. The summed E-state index contributed by atoms with van der Waals surface area (Å²) >= 11 is 0. The fraction of sp³-hybridized carbons (Fsp3) is 0.273. The SMILES string of the molecule is NC(=O)CC(n1ccc2cnc(Nc3cccc(-n4cncn4)c3)nc21)C1(C(=O)O)CCC1. The van der Waals surface area contributed by atoms with Gasteiger partial charge in [0.1, 0.15) is 18.3 Å². The third-order valence-electron chi connectivity index (χ3n) is 6.28. The van der Waals surface area contributed by atoms with Gasteiger partial charge >= 0.3 is 5.97 Å². The predicted octanol–water partition coefficient (Wildman–Crippen LogP) is 2.43. The molecule has 1 fully saturated rings. The number of nitrogens with two attached hydrogens (primary N) is 1. The molecule has 1 amide bonds. The summed E-state index contributed by atoms with van der Waals surface area (Å²) in [6, 6.07) is 8.70. The highest BCUT2D eigenvalue weighted by atomic mass is 16.4. The summed E-state index contributed by atoms with van der Waals surface area (Å²) in [7, 11) is 0. The van der Waals surface area contributed by atoms with Crippen LogP contribution in [0.5, 0.6) is 0 Å². The van der Waals surface area contributed by atoms with Crippen LogP contribution in [-0.4, -0.2) is 46.3 Å². The molecule has 1 aliphatic carbocycles. The molecule has 11 nitrogen and oxygen atoms in total. The standard InChI is InChI=1S/C22H22N8O3/c23-18(31)10-17(22(20(32)33)6-2-7-22)29-8-5-14-11-25-21(28-19(14)29)27-15-3-1-4-16(9-15)30-13-24-12-26-30/h1,3-5,8-9,11-13,17H,2,6-7,10H2,(H2,23,31)(H,32,33)(H,25,27,28). The highest BCUT2D eigenvalue weighted by Crippen LogP contribution is 2.51. The number of amides is 1. The zero-order chi connectivity index (χ0) is 23.0. The number of hydrogen-bond acceptors (Lipinski definition) is 7. The first-order chi connectivity index (χ1) is 16.0. The van der Waals surface area contributed by atoms with E-state index in [0.717, 1.165) is 23.2 Å². The number of carboxylic acids is 1. The first-order valence-electron chi connectivity index (χ1n) is 10.5. The van der Waals surface area contributed by atoms with Crippen LogP contribution in [0.4, 0.5) is 11.6 Å². The minimum atomic E-state index is -1.04. The topological polar surface area (TPSA) is 154 Å². The van der Waals surface area contributed by atoms with Crippen LogP contribution in [-0.2, 0) is 9.59 Å². The molecule has 0 saturated heterocycles. The molecular weight excluding hydrogens is 424 g/mol. The molecule has 168 valence electrons. The van der Waals surface area contributed by atoms with Gasteiger partial charge in [-0.15, -0.1) is 0 Å². The third-order valence-corrected chi connectivity index (χ3v) is 6.28. The number of anilines is 2. The normalized spacial score (nSPS) is 15.6. The summed E-state index contributed by atoms with van der Waals surface area (Å²) < 4.78 is 3.39. The number of carbonyl (C=O) groups excluding carboxylic acids is 1. The van der Waals surface area contributed by atoms with Crippen molar-refractivity contribution in [2.24, 2.45) is 11.1 Å². The Bertz CT molecular complexity index is 1330. The fourth-order valence-corrected chi connectivity index (χ4v) is 4.44. The van der Waals surface area contributed by atoms with E-state index in [0.29, 0.717) is 24.4 Å². The van der Waals surface area contributed by atoms with E-state index in [-0.39, 0.29) is 6.42 Å². The van der Waals surface area contributed by atoms with Crippen LogP contribution in [0.25, 0.3) is 16.7 Å². The van der Waals surface area contributed by atoms with Gasteiger partial charge in [-0.25, -0.2) is 14.6 Å². The molecule has 0 spiro atoms. The molecule has 1 unspecified atom stereocenters. The minimum Gasteiger partial charge on any atom is -0.481 e. The average molecular weight is 446 g/mol. The summed E-state index contributed by atoms with van der Waals surface area (Å²) in [5, 5.41) is 18.0. The Balaban J connectivity index is 1.51. The van der Waals surface area contributed by atoms with Crippen molar-refractivity contribution in [3.05, 3.63) is 55.4 Å². The van der Waals surface area contributed by atoms with Gasteiger partial charge in [0, 0.05) is 29.9 Å². The number of nitrogens with zero attached hydrogens (tertiary/aromatic N) is 6. The van der Waals surface area contributed by atoms with Crippen LogP contribution in [0.2, 0.25) is 0 Å². The second-order valence-electron chi connectivity index (χ2n) is 8.21. The lowest BCUT2D eigenvalue weighted by Gasteiger charge is -2.44. The molecule has 1 aromatic carbocycles. The van der Waals surface area contributed by atoms with E-state index in [1.54, 1.807) is 28.0 Å². The molecule has 5 rings (SSSR count). The van der Waals surface area contributed by atoms with Gasteiger partial charge in [-0.2, -0.15) is 10.1 Å². The van der Waals surface area contributed by atoms with Gasteiger partial charge in [0.05, 0.1) is 17.1 Å². The first-order valence-corrected chi connectivity index (χ1v) is 10.5. The number of benzene rings is 1. The molecule has 0 bridgehead atoms. The monoisotopic (exact) mass is 446 g/mol. The molecule has 4 aromatic rings. The van der Waals surface area contributed by atoms with Gasteiger partial charge in [0.25, 0.3) is 0 Å². The summed E-state index contributed by atoms with van der Waals surface area (Å²) in [5.74, 6) is -1.13. The molecule has 3 aromatic heterocycles. The van der Waals surface area contributed by atoms with Crippen molar-refractivity contribution in [2.75, 3.05) is 5.32 Å². The largest absolute Gasteiger partial charge is 0.481 e. The molecule has 33 heavy (non-hydrogen) atoms. The number of fused-ring (bicyclic) bond motifs is 1. The minimum absolute atomic E-state index is 0.0806. The van der Waals surface area contributed by atoms with Crippen LogP contribution < -0.4 is 11.1 Å². The maximum absolute atomic E-state index is 12.2. The van der Waals surface area contributed by atoms with Gasteiger partial charge in [0.2, 0.25) is 11.9 Å². The lowest BCUT2D eigenvalue weighted by Crippen LogP contribution is -2.46. The van der Waals surface area contributed by atoms with E-state index in [9.17, 15) is 14.7 Å². The lowest BCUT2D eigenvalue weighted by molar-refractivity contribution is -0.159. The number of aliphatic carboxylic acids is 1. The van der Waals surface area contributed by atoms with Gasteiger partial charge in [-0.05, 0) is 37.1 Å². The van der Waals surface area contributed by atoms with Gasteiger partial charge in [-0.1, -0.05) is 12.5 Å². The Morgan fingerprint density at radius 2 is 2.12 bits per heavy atom. The summed E-state index contributed by atoms with van der Waals surface area (Å²) in [6.07, 6.45) is 8.18. The number of carbonyl (C=O) groups is 2. The number of nitrogens with one attached hydrogen (secondary N) is 1. The van der Waals surface area contributed by atoms with Crippen LogP contribution in [0.15, 0.2) is 55.4 Å². The van der Waals surface area contributed by atoms with Crippen LogP contribution >= 0.6 is 0 Å². The van der Waals surface area contributed by atoms with Crippen molar-refractivity contribution < 1.29 is 14.7 Å². The average Bonchev–Trinajstić information content (AvgIpc) is 3.42. The van der Waals surface area contributed by atoms with E-state index >= 15 is 0 Å². The van der Waals surface area contributed by atoms with Crippen LogP contribution in [0.1, 0.15) is 31.7 Å². The number of carboxylic acid groups (broad SMARTS) is 1. The summed E-state index contributed by atoms with van der Waals surface area (Å²) in [4.78, 5) is 37.0. The lowest BCUT2D eigenvalue weighted by atomic mass is 9.63. The third kappa shape index (κ3) is 3.67. The number of primary amides is 1. The highest BCUT2D eigenvalue weighted by molar-refractivity contribution is 5.82. The maximum atomic E-state index is 12.2. The Morgan fingerprint density at radius 1 is 1.27 bits per heavy atom. The summed E-state index contributed by atoms with van der Waals surface area (Å²) in [6.45, 7) is 0. The van der Waals surface area contributed by atoms with Gasteiger partial charge in [0.15, 0.2) is 0 Å². The van der Waals surface area contributed by atoms with Crippen molar-refractivity contribution in [1.82, 2.24) is 29.3 Å². The molecular formula is C22H22N8O3. The molecule has 1 aliphatic rings.